The number of hydrogen-bond donors (Lipinski definition) is 1. The van der Waals surface area contributed by atoms with E-state index in [1.54, 1.807) is 0 Å². The summed E-state index contributed by atoms with van der Waals surface area (Å²) in [6.45, 7) is 1.82. The molecule has 0 radical (unpaired) electrons. The van der Waals surface area contributed by atoms with Gasteiger partial charge in [-0.3, -0.25) is 4.40 Å². The molecule has 2 aromatic rings. The quantitative estimate of drug-likeness (QED) is 0.946. The molecule has 0 aliphatic rings. The Kier molecular flexibility index (Phi) is 3.69. The molecule has 0 spiro atoms. The van der Waals surface area contributed by atoms with Crippen LogP contribution in [-0.2, 0) is 12.6 Å². The zero-order valence-electron chi connectivity index (χ0n) is 10.1. The molecule has 1 unspecified atom stereocenters. The Morgan fingerprint density at radius 2 is 2.11 bits per heavy atom. The Hall–Kier alpha value is -1.34. The zero-order chi connectivity index (χ0) is 14.2. The minimum Gasteiger partial charge on any atom is -0.328 e. The molecular formula is C11H12ClF3N4. The van der Waals surface area contributed by atoms with Crippen LogP contribution >= 0.6 is 11.6 Å². The first-order valence-electron chi connectivity index (χ1n) is 5.65. The first-order valence-corrected chi connectivity index (χ1v) is 6.03. The van der Waals surface area contributed by atoms with Gasteiger partial charge < -0.3 is 5.73 Å². The van der Waals surface area contributed by atoms with Gasteiger partial charge in [-0.2, -0.15) is 13.2 Å². The van der Waals surface area contributed by atoms with Crippen LogP contribution in [0.25, 0.3) is 5.65 Å². The van der Waals surface area contributed by atoms with Gasteiger partial charge >= 0.3 is 6.18 Å². The van der Waals surface area contributed by atoms with Crippen LogP contribution in [0.2, 0.25) is 5.02 Å². The maximum Gasteiger partial charge on any atom is 0.417 e. The first-order chi connectivity index (χ1) is 8.79. The van der Waals surface area contributed by atoms with Crippen LogP contribution in [0.15, 0.2) is 12.3 Å². The number of aromatic nitrogens is 3. The van der Waals surface area contributed by atoms with Crippen LogP contribution in [0.5, 0.6) is 0 Å². The standard InChI is InChI=1S/C11H12ClF3N4/c1-6(16)2-3-9-17-18-10-8(12)4-7(5-19(9)10)11(13,14)15/h4-6H,2-3,16H2,1H3. The van der Waals surface area contributed by atoms with Crippen LogP contribution < -0.4 is 5.73 Å². The fourth-order valence-electron chi connectivity index (χ4n) is 1.68. The molecule has 104 valence electrons. The molecule has 0 bridgehead atoms. The van der Waals surface area contributed by atoms with E-state index < -0.39 is 11.7 Å². The molecule has 0 aliphatic carbocycles. The van der Waals surface area contributed by atoms with Crippen molar-refractivity contribution in [2.45, 2.75) is 32.0 Å². The Morgan fingerprint density at radius 1 is 1.42 bits per heavy atom. The normalized spacial score (nSPS) is 14.0. The summed E-state index contributed by atoms with van der Waals surface area (Å²) in [5.74, 6) is 0.417. The van der Waals surface area contributed by atoms with Gasteiger partial charge in [0.25, 0.3) is 0 Å². The van der Waals surface area contributed by atoms with Crippen LogP contribution in [0.4, 0.5) is 13.2 Å². The highest BCUT2D eigenvalue weighted by atomic mass is 35.5. The molecular weight excluding hydrogens is 281 g/mol. The molecule has 8 heteroatoms. The fourth-order valence-corrected chi connectivity index (χ4v) is 1.93. The van der Waals surface area contributed by atoms with Gasteiger partial charge in [0.05, 0.1) is 10.6 Å². The summed E-state index contributed by atoms with van der Waals surface area (Å²) in [5, 5.41) is 7.57. The number of fused-ring (bicyclic) bond motifs is 1. The lowest BCUT2D eigenvalue weighted by atomic mass is 10.2. The molecule has 19 heavy (non-hydrogen) atoms. The predicted molar refractivity (Wildman–Crippen MR) is 65.0 cm³/mol. The summed E-state index contributed by atoms with van der Waals surface area (Å²) >= 11 is 5.80. The monoisotopic (exact) mass is 292 g/mol. The number of rotatable bonds is 3. The van der Waals surface area contributed by atoms with Crippen molar-refractivity contribution in [3.63, 3.8) is 0 Å². The van der Waals surface area contributed by atoms with Crippen molar-refractivity contribution in [1.82, 2.24) is 14.6 Å². The summed E-state index contributed by atoms with van der Waals surface area (Å²) in [6.07, 6.45) is -2.45. The van der Waals surface area contributed by atoms with Crippen molar-refractivity contribution < 1.29 is 13.2 Å². The molecule has 0 amide bonds. The Morgan fingerprint density at radius 3 is 2.68 bits per heavy atom. The highest BCUT2D eigenvalue weighted by molar-refractivity contribution is 6.33. The lowest BCUT2D eigenvalue weighted by Gasteiger charge is -2.09. The van der Waals surface area contributed by atoms with Gasteiger partial charge in [-0.15, -0.1) is 10.2 Å². The third-order valence-electron chi connectivity index (χ3n) is 2.68. The van der Waals surface area contributed by atoms with E-state index >= 15 is 0 Å². The lowest BCUT2D eigenvalue weighted by Crippen LogP contribution is -2.16. The van der Waals surface area contributed by atoms with E-state index in [-0.39, 0.29) is 16.7 Å². The molecule has 2 aromatic heterocycles. The molecule has 0 saturated heterocycles. The van der Waals surface area contributed by atoms with Gasteiger partial charge in [-0.1, -0.05) is 11.6 Å². The number of hydrogen-bond acceptors (Lipinski definition) is 3. The van der Waals surface area contributed by atoms with Gasteiger partial charge in [0.15, 0.2) is 5.65 Å². The van der Waals surface area contributed by atoms with Crippen molar-refractivity contribution in [3.05, 3.63) is 28.7 Å². The van der Waals surface area contributed by atoms with E-state index in [4.69, 9.17) is 17.3 Å². The van der Waals surface area contributed by atoms with E-state index in [1.165, 1.54) is 4.40 Å². The smallest absolute Gasteiger partial charge is 0.328 e. The Balaban J connectivity index is 2.48. The molecule has 4 nitrogen and oxygen atoms in total. The van der Waals surface area contributed by atoms with E-state index in [9.17, 15) is 13.2 Å². The molecule has 0 aliphatic heterocycles. The summed E-state index contributed by atoms with van der Waals surface area (Å²) in [5.41, 5.74) is 5.01. The first kappa shape index (κ1) is 14.1. The average Bonchev–Trinajstić information content (AvgIpc) is 2.68. The third kappa shape index (κ3) is 2.98. The summed E-state index contributed by atoms with van der Waals surface area (Å²) < 4.78 is 39.4. The second-order valence-corrected chi connectivity index (χ2v) is 4.81. The van der Waals surface area contributed by atoms with Crippen LogP contribution in [0, 0.1) is 0 Å². The van der Waals surface area contributed by atoms with Gasteiger partial charge in [0.1, 0.15) is 5.82 Å². The zero-order valence-corrected chi connectivity index (χ0v) is 10.8. The van der Waals surface area contributed by atoms with Crippen LogP contribution in [0.3, 0.4) is 0 Å². The maximum atomic E-state index is 12.7. The largest absolute Gasteiger partial charge is 0.417 e. The number of alkyl halides is 3. The maximum absolute atomic E-state index is 12.7. The van der Waals surface area contributed by atoms with Crippen molar-refractivity contribution in [2.75, 3.05) is 0 Å². The van der Waals surface area contributed by atoms with E-state index in [1.807, 2.05) is 6.92 Å². The summed E-state index contributed by atoms with van der Waals surface area (Å²) in [7, 11) is 0. The second kappa shape index (κ2) is 4.97. The van der Waals surface area contributed by atoms with Gasteiger partial charge in [0.2, 0.25) is 0 Å². The highest BCUT2D eigenvalue weighted by Crippen LogP contribution is 2.32. The fraction of sp³-hybridized carbons (Fsp3) is 0.455. The van der Waals surface area contributed by atoms with E-state index in [0.29, 0.717) is 18.7 Å². The van der Waals surface area contributed by atoms with Crippen molar-refractivity contribution in [3.8, 4) is 0 Å². The molecule has 0 saturated carbocycles. The van der Waals surface area contributed by atoms with Gasteiger partial charge in [0, 0.05) is 18.7 Å². The number of aryl methyl sites for hydroxylation is 1. The predicted octanol–water partition coefficient (Wildman–Crippen LogP) is 2.68. The molecule has 1 atom stereocenters. The van der Waals surface area contributed by atoms with Crippen molar-refractivity contribution in [2.24, 2.45) is 5.73 Å². The molecule has 2 heterocycles. The van der Waals surface area contributed by atoms with E-state index in [0.717, 1.165) is 12.3 Å². The van der Waals surface area contributed by atoms with E-state index in [2.05, 4.69) is 10.2 Å². The molecule has 0 fully saturated rings. The lowest BCUT2D eigenvalue weighted by molar-refractivity contribution is -0.137. The van der Waals surface area contributed by atoms with Crippen molar-refractivity contribution >= 4 is 17.2 Å². The minimum atomic E-state index is -4.46. The summed E-state index contributed by atoms with van der Waals surface area (Å²) in [4.78, 5) is 0. The molecule has 2 N–H and O–H groups in total. The second-order valence-electron chi connectivity index (χ2n) is 4.40. The number of nitrogens with two attached hydrogens (primary N) is 1. The van der Waals surface area contributed by atoms with Crippen molar-refractivity contribution in [1.29, 1.82) is 0 Å². The number of halogens is 4. The Labute approximate surface area is 112 Å². The minimum absolute atomic E-state index is 0.0615. The van der Waals surface area contributed by atoms with Crippen LogP contribution in [-0.4, -0.2) is 20.6 Å². The summed E-state index contributed by atoms with van der Waals surface area (Å²) in [6, 6.07) is 0.787. The third-order valence-corrected chi connectivity index (χ3v) is 2.96. The van der Waals surface area contributed by atoms with Gasteiger partial charge in [-0.25, -0.2) is 0 Å². The van der Waals surface area contributed by atoms with Crippen LogP contribution in [0.1, 0.15) is 24.7 Å². The molecule has 0 aromatic carbocycles. The Bertz CT molecular complexity index is 591. The highest BCUT2D eigenvalue weighted by Gasteiger charge is 2.32. The molecule has 2 rings (SSSR count). The average molecular weight is 293 g/mol. The number of pyridine rings is 1. The topological polar surface area (TPSA) is 56.2 Å². The number of nitrogens with zero attached hydrogens (tertiary/aromatic N) is 3. The van der Waals surface area contributed by atoms with Gasteiger partial charge in [-0.05, 0) is 19.4 Å². The SMILES string of the molecule is CC(N)CCc1nnc2c(Cl)cc(C(F)(F)F)cn12.